The minimum atomic E-state index is 0. The monoisotopic (exact) mass is 276 g/mol. The molecule has 0 saturated carbocycles. The first kappa shape index (κ1) is 16.5. The van der Waals surface area contributed by atoms with Crippen LogP contribution in [0.25, 0.3) is 0 Å². The average molecular weight is 277 g/mol. The van der Waals surface area contributed by atoms with Crippen LogP contribution in [0, 0.1) is 0 Å². The maximum atomic E-state index is 3.67. The average Bonchev–Trinajstić information content (AvgIpc) is 2.54. The molecule has 7 heteroatoms. The zero-order valence-corrected chi connectivity index (χ0v) is 10.8. The molecule has 0 aliphatic carbocycles. The Balaban J connectivity index is 0.000000249. The standard InChI is InChI=1S/3C4H4N2.ClH/c3*1-2-5-4-6-3-1;/h3*1-4H;1H. The van der Waals surface area contributed by atoms with E-state index in [9.17, 15) is 0 Å². The molecule has 0 unspecified atom stereocenters. The van der Waals surface area contributed by atoms with Gasteiger partial charge >= 0.3 is 0 Å². The normalized spacial score (nSPS) is 7.58. The van der Waals surface area contributed by atoms with Crippen molar-refractivity contribution in [2.45, 2.75) is 0 Å². The number of hydrogen-bond acceptors (Lipinski definition) is 6. The molecule has 0 saturated heterocycles. The molecule has 3 aromatic rings. The van der Waals surface area contributed by atoms with Crippen molar-refractivity contribution in [1.82, 2.24) is 29.9 Å². The van der Waals surface area contributed by atoms with Crippen molar-refractivity contribution in [2.24, 2.45) is 0 Å². The van der Waals surface area contributed by atoms with Crippen LogP contribution in [0.5, 0.6) is 0 Å². The second kappa shape index (κ2) is 13.6. The van der Waals surface area contributed by atoms with Crippen LogP contribution in [-0.4, -0.2) is 29.9 Å². The van der Waals surface area contributed by atoms with Gasteiger partial charge < -0.3 is 0 Å². The Hall–Kier alpha value is -2.47. The molecular formula is C12H13ClN6. The highest BCUT2D eigenvalue weighted by molar-refractivity contribution is 5.85. The maximum absolute atomic E-state index is 3.67. The zero-order chi connectivity index (χ0) is 12.7. The molecule has 0 amide bonds. The molecular weight excluding hydrogens is 264 g/mol. The van der Waals surface area contributed by atoms with Gasteiger partial charge in [-0.2, -0.15) is 0 Å². The van der Waals surface area contributed by atoms with E-state index in [1.54, 1.807) is 55.4 Å². The number of nitrogens with zero attached hydrogens (tertiary/aromatic N) is 6. The van der Waals surface area contributed by atoms with Crippen LogP contribution in [0.3, 0.4) is 0 Å². The van der Waals surface area contributed by atoms with Gasteiger partial charge in [-0.1, -0.05) is 0 Å². The lowest BCUT2D eigenvalue weighted by molar-refractivity contribution is 1.17. The highest BCUT2D eigenvalue weighted by Gasteiger charge is 1.60. The summed E-state index contributed by atoms with van der Waals surface area (Å²) < 4.78 is 0. The Labute approximate surface area is 117 Å². The van der Waals surface area contributed by atoms with Crippen LogP contribution in [0.1, 0.15) is 0 Å². The molecule has 3 heterocycles. The minimum Gasteiger partial charge on any atom is -0.245 e. The van der Waals surface area contributed by atoms with E-state index in [1.807, 2.05) is 0 Å². The Morgan fingerprint density at radius 2 is 0.579 bits per heavy atom. The molecule has 0 bridgehead atoms. The first-order chi connectivity index (χ1) is 9.00. The van der Waals surface area contributed by atoms with E-state index in [1.165, 1.54) is 19.0 Å². The lowest BCUT2D eigenvalue weighted by Gasteiger charge is -1.70. The minimum absolute atomic E-state index is 0. The molecule has 0 fully saturated rings. The molecule has 0 aliphatic rings. The lowest BCUT2D eigenvalue weighted by atomic mass is 10.7. The largest absolute Gasteiger partial charge is 0.245 e. The molecule has 0 N–H and O–H groups in total. The van der Waals surface area contributed by atoms with Gasteiger partial charge in [-0.05, 0) is 18.2 Å². The van der Waals surface area contributed by atoms with Crippen molar-refractivity contribution in [3.63, 3.8) is 0 Å². The Morgan fingerprint density at radius 1 is 0.368 bits per heavy atom. The molecule has 0 radical (unpaired) electrons. The van der Waals surface area contributed by atoms with Gasteiger partial charge in [0.05, 0.1) is 0 Å². The fraction of sp³-hybridized carbons (Fsp3) is 0. The van der Waals surface area contributed by atoms with E-state index >= 15 is 0 Å². The van der Waals surface area contributed by atoms with E-state index in [0.717, 1.165) is 0 Å². The fourth-order valence-electron chi connectivity index (χ4n) is 0.760. The molecule has 0 aromatic carbocycles. The van der Waals surface area contributed by atoms with Crippen molar-refractivity contribution in [1.29, 1.82) is 0 Å². The summed E-state index contributed by atoms with van der Waals surface area (Å²) in [7, 11) is 0. The summed E-state index contributed by atoms with van der Waals surface area (Å²) in [5.41, 5.74) is 0. The van der Waals surface area contributed by atoms with Crippen LogP contribution >= 0.6 is 12.4 Å². The highest BCUT2D eigenvalue weighted by atomic mass is 35.5. The van der Waals surface area contributed by atoms with Crippen LogP contribution in [0.4, 0.5) is 0 Å². The van der Waals surface area contributed by atoms with Crippen molar-refractivity contribution >= 4 is 12.4 Å². The lowest BCUT2D eigenvalue weighted by Crippen LogP contribution is -1.66. The fourth-order valence-corrected chi connectivity index (χ4v) is 0.760. The molecule has 6 nitrogen and oxygen atoms in total. The van der Waals surface area contributed by atoms with Gasteiger partial charge in [0, 0.05) is 37.2 Å². The summed E-state index contributed by atoms with van der Waals surface area (Å²) >= 11 is 0. The van der Waals surface area contributed by atoms with Crippen LogP contribution in [-0.2, 0) is 0 Å². The van der Waals surface area contributed by atoms with E-state index in [4.69, 9.17) is 0 Å². The summed E-state index contributed by atoms with van der Waals surface area (Å²) in [4.78, 5) is 22.0. The summed E-state index contributed by atoms with van der Waals surface area (Å²) in [6.45, 7) is 0. The molecule has 98 valence electrons. The Morgan fingerprint density at radius 3 is 0.632 bits per heavy atom. The zero-order valence-electron chi connectivity index (χ0n) is 10.0. The SMILES string of the molecule is Cl.c1cncnc1.c1cncnc1.c1cncnc1. The second-order valence-corrected chi connectivity index (χ2v) is 2.71. The Kier molecular flexibility index (Phi) is 11.8. The van der Waals surface area contributed by atoms with E-state index in [-0.39, 0.29) is 12.4 Å². The van der Waals surface area contributed by atoms with Crippen molar-refractivity contribution in [2.75, 3.05) is 0 Å². The third kappa shape index (κ3) is 11.8. The van der Waals surface area contributed by atoms with Gasteiger partial charge in [0.25, 0.3) is 0 Å². The van der Waals surface area contributed by atoms with Crippen molar-refractivity contribution < 1.29 is 0 Å². The molecule has 3 aromatic heterocycles. The van der Waals surface area contributed by atoms with Crippen molar-refractivity contribution in [3.8, 4) is 0 Å². The molecule has 0 atom stereocenters. The third-order valence-electron chi connectivity index (χ3n) is 1.43. The van der Waals surface area contributed by atoms with Gasteiger partial charge in [-0.15, -0.1) is 12.4 Å². The van der Waals surface area contributed by atoms with Crippen LogP contribution in [0.15, 0.2) is 74.4 Å². The molecule has 3 rings (SSSR count). The van der Waals surface area contributed by atoms with Gasteiger partial charge in [-0.25, -0.2) is 29.9 Å². The quantitative estimate of drug-likeness (QED) is 0.624. The van der Waals surface area contributed by atoms with Gasteiger partial charge in [0.1, 0.15) is 19.0 Å². The van der Waals surface area contributed by atoms with Crippen LogP contribution < -0.4 is 0 Å². The number of aromatic nitrogens is 6. The maximum Gasteiger partial charge on any atom is 0.115 e. The number of hydrogen-bond donors (Lipinski definition) is 0. The van der Waals surface area contributed by atoms with Crippen LogP contribution in [0.2, 0.25) is 0 Å². The summed E-state index contributed by atoms with van der Waals surface area (Å²) in [5, 5.41) is 0. The van der Waals surface area contributed by atoms with Gasteiger partial charge in [0.15, 0.2) is 0 Å². The first-order valence-electron chi connectivity index (χ1n) is 5.10. The summed E-state index contributed by atoms with van der Waals surface area (Å²) in [6.07, 6.45) is 14.6. The number of halogens is 1. The second-order valence-electron chi connectivity index (χ2n) is 2.71. The summed E-state index contributed by atoms with van der Waals surface area (Å²) in [6, 6.07) is 5.33. The van der Waals surface area contributed by atoms with E-state index in [0.29, 0.717) is 0 Å². The predicted molar refractivity (Wildman–Crippen MR) is 73.3 cm³/mol. The predicted octanol–water partition coefficient (Wildman–Crippen LogP) is 1.85. The molecule has 0 aliphatic heterocycles. The third-order valence-corrected chi connectivity index (χ3v) is 1.43. The van der Waals surface area contributed by atoms with Crippen molar-refractivity contribution in [3.05, 3.63) is 74.4 Å². The van der Waals surface area contributed by atoms with E-state index < -0.39 is 0 Å². The van der Waals surface area contributed by atoms with Gasteiger partial charge in [0.2, 0.25) is 0 Å². The summed E-state index contributed by atoms with van der Waals surface area (Å²) in [5.74, 6) is 0. The van der Waals surface area contributed by atoms with E-state index in [2.05, 4.69) is 29.9 Å². The topological polar surface area (TPSA) is 77.3 Å². The smallest absolute Gasteiger partial charge is 0.115 e. The molecule has 0 spiro atoms. The number of rotatable bonds is 0. The van der Waals surface area contributed by atoms with Gasteiger partial charge in [-0.3, -0.25) is 0 Å². The Bertz CT molecular complexity index is 313. The first-order valence-corrected chi connectivity index (χ1v) is 5.10. The molecule has 19 heavy (non-hydrogen) atoms. The highest BCUT2D eigenvalue weighted by Crippen LogP contribution is 1.67.